The Hall–Kier alpha value is -1.85. The van der Waals surface area contributed by atoms with Gasteiger partial charge in [-0.3, -0.25) is 4.79 Å². The molecule has 22 heavy (non-hydrogen) atoms. The van der Waals surface area contributed by atoms with E-state index in [1.807, 2.05) is 6.92 Å². The Bertz CT molecular complexity index is 581. The van der Waals surface area contributed by atoms with Crippen LogP contribution in [0.25, 0.3) is 0 Å². The minimum absolute atomic E-state index is 0.0578. The normalized spacial score (nSPS) is 24.7. The van der Waals surface area contributed by atoms with Crippen LogP contribution in [0.15, 0.2) is 0 Å². The van der Waals surface area contributed by atoms with Gasteiger partial charge in [0.1, 0.15) is 11.9 Å². The highest BCUT2D eigenvalue weighted by Gasteiger charge is 2.37. The predicted molar refractivity (Wildman–Crippen MR) is 80.2 cm³/mol. The summed E-state index contributed by atoms with van der Waals surface area (Å²) in [5, 5.41) is 0. The molecule has 1 aromatic heterocycles. The van der Waals surface area contributed by atoms with Crippen LogP contribution in [-0.4, -0.2) is 46.4 Å². The van der Waals surface area contributed by atoms with Crippen molar-refractivity contribution in [3.63, 3.8) is 0 Å². The maximum absolute atomic E-state index is 12.9. The number of carbonyl (C=O) groups excluding carboxylic acids is 2. The summed E-state index contributed by atoms with van der Waals surface area (Å²) in [5.74, 6) is 0.649. The van der Waals surface area contributed by atoms with Crippen molar-refractivity contribution in [2.45, 2.75) is 51.5 Å². The molecule has 2 heterocycles. The molecular weight excluding hydrogens is 282 g/mol. The van der Waals surface area contributed by atoms with Crippen molar-refractivity contribution in [1.82, 2.24) is 14.9 Å². The monoisotopic (exact) mass is 305 g/mol. The third-order valence-electron chi connectivity index (χ3n) is 4.77. The van der Waals surface area contributed by atoms with E-state index in [1.54, 1.807) is 4.90 Å². The molecule has 120 valence electrons. The molecule has 1 aliphatic heterocycles. The lowest BCUT2D eigenvalue weighted by Crippen LogP contribution is -2.51. The number of nitrogens with zero attached hydrogens (tertiary/aromatic N) is 2. The number of piperidine rings is 1. The van der Waals surface area contributed by atoms with E-state index in [1.165, 1.54) is 7.11 Å². The number of rotatable bonds is 2. The fraction of sp³-hybridized carbons (Fsp3) is 0.688. The van der Waals surface area contributed by atoms with Crippen molar-refractivity contribution in [2.24, 2.45) is 5.92 Å². The number of carbonyl (C=O) groups is 2. The molecule has 1 aliphatic carbocycles. The number of nitrogens with one attached hydrogen (secondary N) is 1. The Morgan fingerprint density at radius 3 is 2.91 bits per heavy atom. The lowest BCUT2D eigenvalue weighted by atomic mass is 9.87. The zero-order valence-electron chi connectivity index (χ0n) is 13.2. The van der Waals surface area contributed by atoms with E-state index < -0.39 is 6.04 Å². The van der Waals surface area contributed by atoms with E-state index in [9.17, 15) is 9.59 Å². The molecule has 0 radical (unpaired) electrons. The van der Waals surface area contributed by atoms with Gasteiger partial charge >= 0.3 is 5.97 Å². The zero-order valence-corrected chi connectivity index (χ0v) is 13.2. The highest BCUT2D eigenvalue weighted by atomic mass is 16.5. The molecule has 1 aromatic rings. The Kier molecular flexibility index (Phi) is 4.18. The number of esters is 1. The minimum atomic E-state index is -0.406. The number of methoxy groups -OCH3 is 1. The van der Waals surface area contributed by atoms with E-state index in [0.717, 1.165) is 42.9 Å². The number of amides is 1. The largest absolute Gasteiger partial charge is 0.467 e. The van der Waals surface area contributed by atoms with E-state index in [4.69, 9.17) is 4.74 Å². The van der Waals surface area contributed by atoms with Crippen LogP contribution < -0.4 is 0 Å². The molecular formula is C16H23N3O3. The molecule has 2 unspecified atom stereocenters. The van der Waals surface area contributed by atoms with Crippen molar-refractivity contribution in [3.05, 3.63) is 17.2 Å². The lowest BCUT2D eigenvalue weighted by Gasteiger charge is -2.36. The average molecular weight is 305 g/mol. The van der Waals surface area contributed by atoms with Crippen molar-refractivity contribution < 1.29 is 14.3 Å². The van der Waals surface area contributed by atoms with Gasteiger partial charge in [0.2, 0.25) is 5.91 Å². The number of aromatic nitrogens is 2. The summed E-state index contributed by atoms with van der Waals surface area (Å²) in [5.41, 5.74) is 2.17. The molecule has 6 nitrogen and oxygen atoms in total. The molecule has 1 amide bonds. The Balaban J connectivity index is 1.74. The van der Waals surface area contributed by atoms with Crippen LogP contribution in [0.4, 0.5) is 0 Å². The smallest absolute Gasteiger partial charge is 0.328 e. The summed E-state index contributed by atoms with van der Waals surface area (Å²) in [7, 11) is 1.39. The second-order valence-corrected chi connectivity index (χ2v) is 6.25. The van der Waals surface area contributed by atoms with Crippen LogP contribution >= 0.6 is 0 Å². The maximum Gasteiger partial charge on any atom is 0.328 e. The van der Waals surface area contributed by atoms with Gasteiger partial charge in [0.25, 0.3) is 0 Å². The molecule has 2 atom stereocenters. The summed E-state index contributed by atoms with van der Waals surface area (Å²) in [6.45, 7) is 2.59. The summed E-state index contributed by atoms with van der Waals surface area (Å²) < 4.78 is 4.87. The molecule has 1 fully saturated rings. The molecule has 1 N–H and O–H groups in total. The molecule has 2 aliphatic rings. The number of aryl methyl sites for hydroxylation is 2. The van der Waals surface area contributed by atoms with Gasteiger partial charge in [-0.1, -0.05) is 0 Å². The third kappa shape index (κ3) is 2.74. The summed E-state index contributed by atoms with van der Waals surface area (Å²) >= 11 is 0. The second kappa shape index (κ2) is 6.10. The molecule has 0 aromatic carbocycles. The SMILES string of the molecule is COC(=O)C1CCCCN1C(=O)C1CCc2nc(C)[nH]c2C1. The van der Waals surface area contributed by atoms with Gasteiger partial charge < -0.3 is 14.6 Å². The number of imidazole rings is 1. The van der Waals surface area contributed by atoms with Crippen LogP contribution in [0, 0.1) is 12.8 Å². The van der Waals surface area contributed by atoms with E-state index in [2.05, 4.69) is 9.97 Å². The highest BCUT2D eigenvalue weighted by Crippen LogP contribution is 2.28. The number of likely N-dealkylation sites (tertiary alicyclic amines) is 1. The number of hydrogen-bond acceptors (Lipinski definition) is 4. The van der Waals surface area contributed by atoms with Crippen LogP contribution in [0.1, 0.15) is 42.9 Å². The first kappa shape index (κ1) is 15.1. The van der Waals surface area contributed by atoms with Gasteiger partial charge in [0.15, 0.2) is 0 Å². The van der Waals surface area contributed by atoms with Crippen LogP contribution in [-0.2, 0) is 27.2 Å². The Morgan fingerprint density at radius 2 is 2.14 bits per heavy atom. The summed E-state index contributed by atoms with van der Waals surface area (Å²) in [4.78, 5) is 34.3. The molecule has 6 heteroatoms. The van der Waals surface area contributed by atoms with Crippen LogP contribution in [0.5, 0.6) is 0 Å². The topological polar surface area (TPSA) is 75.3 Å². The van der Waals surface area contributed by atoms with Crippen molar-refractivity contribution >= 4 is 11.9 Å². The number of H-pyrrole nitrogens is 1. The number of aromatic amines is 1. The number of ether oxygens (including phenoxy) is 1. The Morgan fingerprint density at radius 1 is 1.32 bits per heavy atom. The van der Waals surface area contributed by atoms with E-state index in [0.29, 0.717) is 19.4 Å². The molecule has 0 spiro atoms. The third-order valence-corrected chi connectivity index (χ3v) is 4.77. The molecule has 3 rings (SSSR count). The maximum atomic E-state index is 12.9. The van der Waals surface area contributed by atoms with E-state index >= 15 is 0 Å². The molecule has 0 saturated carbocycles. The lowest BCUT2D eigenvalue weighted by molar-refractivity contribution is -0.156. The average Bonchev–Trinajstić information content (AvgIpc) is 2.92. The van der Waals surface area contributed by atoms with Crippen molar-refractivity contribution in [2.75, 3.05) is 13.7 Å². The molecule has 1 saturated heterocycles. The standard InChI is InChI=1S/C16H23N3O3/c1-10-17-12-7-6-11(9-13(12)18-10)15(20)19-8-4-3-5-14(19)16(21)22-2/h11,14H,3-9H2,1-2H3,(H,17,18). The van der Waals surface area contributed by atoms with E-state index in [-0.39, 0.29) is 17.8 Å². The van der Waals surface area contributed by atoms with Crippen molar-refractivity contribution in [1.29, 1.82) is 0 Å². The second-order valence-electron chi connectivity index (χ2n) is 6.25. The first-order valence-electron chi connectivity index (χ1n) is 8.03. The zero-order chi connectivity index (χ0) is 15.7. The number of fused-ring (bicyclic) bond motifs is 1. The van der Waals surface area contributed by atoms with Gasteiger partial charge in [-0.05, 0) is 39.0 Å². The first-order valence-corrected chi connectivity index (χ1v) is 8.03. The van der Waals surface area contributed by atoms with Gasteiger partial charge in [-0.25, -0.2) is 9.78 Å². The number of hydrogen-bond donors (Lipinski definition) is 1. The van der Waals surface area contributed by atoms with Crippen LogP contribution in [0.3, 0.4) is 0 Å². The first-order chi connectivity index (χ1) is 10.6. The minimum Gasteiger partial charge on any atom is -0.467 e. The predicted octanol–water partition coefficient (Wildman–Crippen LogP) is 1.38. The van der Waals surface area contributed by atoms with Gasteiger partial charge in [-0.2, -0.15) is 0 Å². The Labute approximate surface area is 130 Å². The van der Waals surface area contributed by atoms with Gasteiger partial charge in [0.05, 0.1) is 12.8 Å². The van der Waals surface area contributed by atoms with Crippen LogP contribution in [0.2, 0.25) is 0 Å². The highest BCUT2D eigenvalue weighted by molar-refractivity contribution is 5.86. The quantitative estimate of drug-likeness (QED) is 0.838. The fourth-order valence-electron chi connectivity index (χ4n) is 3.65. The fourth-order valence-corrected chi connectivity index (χ4v) is 3.65. The summed E-state index contributed by atoms with van der Waals surface area (Å²) in [6.07, 6.45) is 4.96. The van der Waals surface area contributed by atoms with Gasteiger partial charge in [0, 0.05) is 24.6 Å². The van der Waals surface area contributed by atoms with Gasteiger partial charge in [-0.15, -0.1) is 0 Å². The molecule has 0 bridgehead atoms. The van der Waals surface area contributed by atoms with Crippen molar-refractivity contribution in [3.8, 4) is 0 Å². The summed E-state index contributed by atoms with van der Waals surface area (Å²) in [6, 6.07) is -0.406.